The molecule has 2 heterocycles. The van der Waals surface area contributed by atoms with Crippen molar-refractivity contribution >= 4 is 24.0 Å². The third-order valence-electron chi connectivity index (χ3n) is 8.22. The summed E-state index contributed by atoms with van der Waals surface area (Å²) >= 11 is 0. The molecular weight excluding hydrogens is 692 g/mol. The molecule has 5 N–H and O–H groups in total. The number of esters is 3. The molecule has 0 saturated carbocycles. The van der Waals surface area contributed by atoms with Crippen LogP contribution in [0.5, 0.6) is 23.0 Å². The summed E-state index contributed by atoms with van der Waals surface area (Å²) in [7, 11) is 2.77. The van der Waals surface area contributed by atoms with Gasteiger partial charge in [-0.05, 0) is 54.8 Å². The number of phenolic OH excluding ortho intramolecular Hbond substituents is 2. The molecule has 17 nitrogen and oxygen atoms in total. The van der Waals surface area contributed by atoms with Crippen LogP contribution in [0.1, 0.15) is 31.9 Å². The molecule has 0 unspecified atom stereocenters. The van der Waals surface area contributed by atoms with Gasteiger partial charge >= 0.3 is 17.9 Å². The van der Waals surface area contributed by atoms with E-state index in [1.54, 1.807) is 12.1 Å². The van der Waals surface area contributed by atoms with Crippen LogP contribution in [0.3, 0.4) is 0 Å². The van der Waals surface area contributed by atoms with Crippen molar-refractivity contribution in [2.75, 3.05) is 27.4 Å². The van der Waals surface area contributed by atoms with Crippen LogP contribution >= 0.6 is 0 Å². The van der Waals surface area contributed by atoms with E-state index in [1.807, 2.05) is 0 Å². The Labute approximate surface area is 299 Å². The number of hydrogen-bond acceptors (Lipinski definition) is 17. The topological polar surface area (TPSA) is 235 Å². The predicted octanol–water partition coefficient (Wildman–Crippen LogP) is 0.732. The SMILES string of the molecule is COc1cc(C=CC(=O)OC[C@H]2O[C@@H](OCCc3ccc(O)c(OC)c3)[C@H](O)[C@@H](O[C@@H]3O[C@@H](C)[C@H](O)[C@@H](O)[C@H]3OC(C)=O)[C@@H]2OC(C)=O)ccc1O. The number of aliphatic hydroxyl groups excluding tert-OH is 3. The fraction of sp³-hybridized carbons (Fsp3) is 0.514. The minimum Gasteiger partial charge on any atom is -0.504 e. The Morgan fingerprint density at radius 1 is 0.788 bits per heavy atom. The molecular formula is C35H44O17. The van der Waals surface area contributed by atoms with E-state index >= 15 is 0 Å². The van der Waals surface area contributed by atoms with E-state index in [0.29, 0.717) is 11.1 Å². The predicted molar refractivity (Wildman–Crippen MR) is 176 cm³/mol. The zero-order valence-corrected chi connectivity index (χ0v) is 29.1. The fourth-order valence-corrected chi connectivity index (χ4v) is 5.58. The van der Waals surface area contributed by atoms with E-state index in [2.05, 4.69) is 0 Å². The van der Waals surface area contributed by atoms with Crippen LogP contribution < -0.4 is 9.47 Å². The molecule has 286 valence electrons. The van der Waals surface area contributed by atoms with Crippen molar-refractivity contribution in [3.05, 3.63) is 53.6 Å². The van der Waals surface area contributed by atoms with E-state index in [0.717, 1.165) is 19.9 Å². The second-order valence-electron chi connectivity index (χ2n) is 12.0. The zero-order chi connectivity index (χ0) is 38.1. The first kappa shape index (κ1) is 40.3. The Bertz CT molecular complexity index is 1560. The standard InChI is InChI=1S/C35H44O17/c1-17-28(41)29(42)33(50-19(3)37)35(48-17)52-32-30(43)34(46-13-12-21-7-10-23(39)25(15-21)45-5)51-26(31(32)49-18(2)36)16-47-27(40)11-8-20-6-9-22(38)24(14-20)44-4/h6-11,14-15,17,26,28-35,38-39,41-43H,12-13,16H2,1-5H3/t17-,26+,28-,29+,30+,31+,32+,33+,34+,35-/m0/s1. The van der Waals surface area contributed by atoms with E-state index in [1.165, 1.54) is 51.5 Å². The second kappa shape index (κ2) is 18.3. The van der Waals surface area contributed by atoms with Gasteiger partial charge in [-0.25, -0.2) is 4.79 Å². The molecule has 0 aromatic heterocycles. The molecule has 2 fully saturated rings. The first-order chi connectivity index (χ1) is 24.7. The number of aromatic hydroxyl groups is 2. The van der Waals surface area contributed by atoms with Gasteiger partial charge in [0.1, 0.15) is 37.1 Å². The lowest BCUT2D eigenvalue weighted by atomic mass is 9.96. The molecule has 2 aromatic carbocycles. The number of rotatable bonds is 14. The minimum atomic E-state index is -1.71. The molecule has 2 aromatic rings. The maximum atomic E-state index is 12.8. The van der Waals surface area contributed by atoms with Crippen LogP contribution in [0.2, 0.25) is 0 Å². The zero-order valence-electron chi connectivity index (χ0n) is 29.1. The first-order valence-electron chi connectivity index (χ1n) is 16.3. The third kappa shape index (κ3) is 10.3. The van der Waals surface area contributed by atoms with Crippen molar-refractivity contribution in [2.24, 2.45) is 0 Å². The maximum Gasteiger partial charge on any atom is 0.330 e. The number of aliphatic hydroxyl groups is 3. The van der Waals surface area contributed by atoms with Crippen molar-refractivity contribution in [2.45, 2.75) is 88.6 Å². The van der Waals surface area contributed by atoms with Crippen molar-refractivity contribution < 1.29 is 82.5 Å². The molecule has 2 aliphatic rings. The highest BCUT2D eigenvalue weighted by Crippen LogP contribution is 2.33. The van der Waals surface area contributed by atoms with Gasteiger partial charge in [0.25, 0.3) is 0 Å². The number of carbonyl (C=O) groups excluding carboxylic acids is 3. The lowest BCUT2D eigenvalue weighted by Gasteiger charge is -2.47. The molecule has 2 saturated heterocycles. The Kier molecular flexibility index (Phi) is 14.2. The van der Waals surface area contributed by atoms with Crippen LogP contribution in [0.4, 0.5) is 0 Å². The number of hydrogen-bond donors (Lipinski definition) is 5. The van der Waals surface area contributed by atoms with Gasteiger partial charge in [-0.2, -0.15) is 0 Å². The van der Waals surface area contributed by atoms with Crippen LogP contribution in [0, 0.1) is 0 Å². The average molecular weight is 737 g/mol. The summed E-state index contributed by atoms with van der Waals surface area (Å²) in [5, 5.41) is 52.4. The van der Waals surface area contributed by atoms with Gasteiger partial charge in [0.2, 0.25) is 0 Å². The van der Waals surface area contributed by atoms with Gasteiger partial charge in [0.05, 0.1) is 26.9 Å². The Balaban J connectivity index is 1.58. The molecule has 52 heavy (non-hydrogen) atoms. The molecule has 10 atom stereocenters. The summed E-state index contributed by atoms with van der Waals surface area (Å²) in [4.78, 5) is 37.0. The second-order valence-corrected chi connectivity index (χ2v) is 12.0. The smallest absolute Gasteiger partial charge is 0.330 e. The number of methoxy groups -OCH3 is 2. The summed E-state index contributed by atoms with van der Waals surface area (Å²) in [6, 6.07) is 9.10. The first-order valence-corrected chi connectivity index (χ1v) is 16.3. The van der Waals surface area contributed by atoms with Crippen LogP contribution in [-0.4, -0.2) is 132 Å². The molecule has 0 bridgehead atoms. The van der Waals surface area contributed by atoms with Crippen molar-refractivity contribution in [1.29, 1.82) is 0 Å². The molecule has 0 amide bonds. The average Bonchev–Trinajstić information content (AvgIpc) is 3.10. The number of phenols is 2. The van der Waals surface area contributed by atoms with E-state index in [9.17, 15) is 39.9 Å². The molecule has 0 spiro atoms. The highest BCUT2D eigenvalue weighted by atomic mass is 16.8. The Hall–Kier alpha value is -4.49. The summed E-state index contributed by atoms with van der Waals surface area (Å²) in [5.74, 6) is -2.22. The molecule has 0 radical (unpaired) electrons. The van der Waals surface area contributed by atoms with Crippen molar-refractivity contribution in [1.82, 2.24) is 0 Å². The minimum absolute atomic E-state index is 0.0517. The summed E-state index contributed by atoms with van der Waals surface area (Å²) in [6.45, 7) is 3.01. The highest BCUT2D eigenvalue weighted by molar-refractivity contribution is 5.87. The van der Waals surface area contributed by atoms with Gasteiger partial charge in [0, 0.05) is 19.9 Å². The summed E-state index contributed by atoms with van der Waals surface area (Å²) < 4.78 is 50.1. The molecule has 4 rings (SSSR count). The van der Waals surface area contributed by atoms with Gasteiger partial charge in [-0.3, -0.25) is 9.59 Å². The maximum absolute atomic E-state index is 12.8. The molecule has 17 heteroatoms. The van der Waals surface area contributed by atoms with Gasteiger partial charge in [-0.15, -0.1) is 0 Å². The quantitative estimate of drug-likeness (QED) is 0.102. The highest BCUT2D eigenvalue weighted by Gasteiger charge is 2.53. The molecule has 2 aliphatic heterocycles. The summed E-state index contributed by atoms with van der Waals surface area (Å²) in [6.07, 6.45) is -12.1. The van der Waals surface area contributed by atoms with Crippen LogP contribution in [-0.2, 0) is 54.0 Å². The largest absolute Gasteiger partial charge is 0.504 e. The van der Waals surface area contributed by atoms with Crippen molar-refractivity contribution in [3.8, 4) is 23.0 Å². The van der Waals surface area contributed by atoms with E-state index < -0.39 is 85.9 Å². The number of benzene rings is 2. The van der Waals surface area contributed by atoms with Crippen molar-refractivity contribution in [3.63, 3.8) is 0 Å². The number of carbonyl (C=O) groups is 3. The Morgan fingerprint density at radius 3 is 2.08 bits per heavy atom. The summed E-state index contributed by atoms with van der Waals surface area (Å²) in [5.41, 5.74) is 1.21. The fourth-order valence-electron chi connectivity index (χ4n) is 5.58. The van der Waals surface area contributed by atoms with E-state index in [4.69, 9.17) is 42.6 Å². The van der Waals surface area contributed by atoms with Gasteiger partial charge < -0.3 is 68.2 Å². The normalized spacial score (nSPS) is 28.9. The molecule has 0 aliphatic carbocycles. The third-order valence-corrected chi connectivity index (χ3v) is 8.22. The monoisotopic (exact) mass is 736 g/mol. The van der Waals surface area contributed by atoms with Crippen LogP contribution in [0.25, 0.3) is 6.08 Å². The van der Waals surface area contributed by atoms with Gasteiger partial charge in [-0.1, -0.05) is 12.1 Å². The lowest BCUT2D eigenvalue weighted by molar-refractivity contribution is -0.358. The van der Waals surface area contributed by atoms with Gasteiger partial charge in [0.15, 0.2) is 47.8 Å². The van der Waals surface area contributed by atoms with Crippen LogP contribution in [0.15, 0.2) is 42.5 Å². The van der Waals surface area contributed by atoms with E-state index in [-0.39, 0.29) is 36.0 Å². The number of ether oxygens (including phenoxy) is 9. The Morgan fingerprint density at radius 2 is 1.42 bits per heavy atom. The lowest BCUT2D eigenvalue weighted by Crippen LogP contribution is -2.65.